The van der Waals surface area contributed by atoms with E-state index in [1.165, 1.54) is 12.3 Å². The van der Waals surface area contributed by atoms with Gasteiger partial charge in [0.05, 0.1) is 5.92 Å². The second-order valence-electron chi connectivity index (χ2n) is 6.27. The maximum Gasteiger partial charge on any atom is 0.351 e. The predicted octanol–water partition coefficient (Wildman–Crippen LogP) is -0.603. The molecule has 1 aliphatic heterocycles. The molecule has 1 aromatic heterocycles. The van der Waals surface area contributed by atoms with Crippen LogP contribution < -0.4 is 11.2 Å². The molecule has 3 rings (SSSR count). The lowest BCUT2D eigenvalue weighted by Gasteiger charge is -2.17. The number of aliphatic hydroxyl groups excluding tert-OH is 2. The van der Waals surface area contributed by atoms with Gasteiger partial charge in [0.25, 0.3) is 0 Å². The van der Waals surface area contributed by atoms with Gasteiger partial charge in [0.2, 0.25) is 0 Å². The van der Waals surface area contributed by atoms with E-state index in [-0.39, 0.29) is 24.3 Å². The molecule has 25 heavy (non-hydrogen) atoms. The van der Waals surface area contributed by atoms with Crippen molar-refractivity contribution in [3.05, 3.63) is 22.7 Å². The van der Waals surface area contributed by atoms with E-state index in [2.05, 4.69) is 4.98 Å². The van der Waals surface area contributed by atoms with Gasteiger partial charge < -0.3 is 19.7 Å². The summed E-state index contributed by atoms with van der Waals surface area (Å²) in [5.74, 6) is -0.510. The van der Waals surface area contributed by atoms with Crippen LogP contribution in [-0.2, 0) is 14.3 Å². The van der Waals surface area contributed by atoms with Gasteiger partial charge in [-0.1, -0.05) is 12.8 Å². The van der Waals surface area contributed by atoms with Gasteiger partial charge in [-0.15, -0.1) is 0 Å². The van der Waals surface area contributed by atoms with Gasteiger partial charge in [0, 0.05) is 6.20 Å². The summed E-state index contributed by atoms with van der Waals surface area (Å²) in [5, 5.41) is 29.0. The van der Waals surface area contributed by atoms with Crippen molar-refractivity contribution >= 4 is 11.8 Å². The van der Waals surface area contributed by atoms with Gasteiger partial charge in [-0.3, -0.25) is 20.0 Å². The molecule has 4 N–H and O–H groups in total. The quantitative estimate of drug-likeness (QED) is 0.402. The molecule has 0 amide bonds. The summed E-state index contributed by atoms with van der Waals surface area (Å²) in [6, 6.07) is 1.30. The van der Waals surface area contributed by atoms with Crippen molar-refractivity contribution < 1.29 is 29.7 Å². The Labute approximate surface area is 143 Å². The Balaban J connectivity index is 1.64. The molecule has 2 heterocycles. The van der Waals surface area contributed by atoms with Crippen molar-refractivity contribution in [3.8, 4) is 0 Å². The maximum atomic E-state index is 11.9. The van der Waals surface area contributed by atoms with Crippen molar-refractivity contribution in [1.29, 1.82) is 0 Å². The second kappa shape index (κ2) is 7.48. The Bertz CT molecular complexity index is 673. The number of hydrogen-bond donors (Lipinski definition) is 4. The lowest BCUT2D eigenvalue weighted by atomic mass is 10.1. The molecule has 2 fully saturated rings. The molecular formula is C15H21N3O7. The molecule has 4 atom stereocenters. The molecule has 1 saturated heterocycles. The Morgan fingerprint density at radius 1 is 1.36 bits per heavy atom. The Morgan fingerprint density at radius 3 is 2.72 bits per heavy atom. The van der Waals surface area contributed by atoms with Gasteiger partial charge in [-0.2, -0.15) is 4.98 Å². The highest BCUT2D eigenvalue weighted by Gasteiger charge is 2.45. The van der Waals surface area contributed by atoms with E-state index in [0.29, 0.717) is 0 Å². The lowest BCUT2D eigenvalue weighted by molar-refractivity contribution is -0.154. The highest BCUT2D eigenvalue weighted by molar-refractivity contribution is 5.72. The molecule has 1 aromatic rings. The number of aliphatic hydroxyl groups is 2. The molecule has 1 saturated carbocycles. The van der Waals surface area contributed by atoms with Crippen LogP contribution in [0.25, 0.3) is 0 Å². The van der Waals surface area contributed by atoms with E-state index >= 15 is 0 Å². The van der Waals surface area contributed by atoms with Gasteiger partial charge in [-0.05, 0) is 18.9 Å². The topological polar surface area (TPSA) is 143 Å². The fourth-order valence-corrected chi connectivity index (χ4v) is 3.21. The number of ether oxygens (including phenoxy) is 2. The molecule has 10 heteroatoms. The largest absolute Gasteiger partial charge is 0.463 e. The Morgan fingerprint density at radius 2 is 2.08 bits per heavy atom. The standard InChI is InChI=1S/C15H21N3O7/c19-11-9(7-24-14(21)8-3-1-2-4-8)25-13(12(11)20)18-6-5-10(17-23)16-15(18)22/h5-6,8-9,11-13,19-20,23H,1-4,7H2,(H,16,17,22)/t9-,11-,12-,13-/m1/s1. The summed E-state index contributed by atoms with van der Waals surface area (Å²) in [6.07, 6.45) is 0.0311. The van der Waals surface area contributed by atoms with Crippen LogP contribution >= 0.6 is 0 Å². The summed E-state index contributed by atoms with van der Waals surface area (Å²) < 4.78 is 11.7. The number of hydrogen-bond acceptors (Lipinski definition) is 9. The van der Waals surface area contributed by atoms with Crippen molar-refractivity contribution in [1.82, 2.24) is 9.55 Å². The summed E-state index contributed by atoms with van der Waals surface area (Å²) in [6.45, 7) is -0.206. The van der Waals surface area contributed by atoms with E-state index in [1.54, 1.807) is 5.48 Å². The first-order valence-electron chi connectivity index (χ1n) is 8.19. The molecule has 1 aliphatic carbocycles. The maximum absolute atomic E-state index is 11.9. The van der Waals surface area contributed by atoms with Crippen LogP contribution in [-0.4, -0.2) is 55.9 Å². The van der Waals surface area contributed by atoms with Gasteiger partial charge in [-0.25, -0.2) is 4.79 Å². The van der Waals surface area contributed by atoms with E-state index in [4.69, 9.17) is 14.7 Å². The van der Waals surface area contributed by atoms with E-state index in [1.807, 2.05) is 0 Å². The van der Waals surface area contributed by atoms with Gasteiger partial charge in [0.15, 0.2) is 12.0 Å². The zero-order valence-electron chi connectivity index (χ0n) is 13.4. The first kappa shape index (κ1) is 17.8. The highest BCUT2D eigenvalue weighted by Crippen LogP contribution is 2.30. The number of nitrogens with zero attached hydrogens (tertiary/aromatic N) is 2. The predicted molar refractivity (Wildman–Crippen MR) is 82.7 cm³/mol. The minimum Gasteiger partial charge on any atom is -0.463 e. The van der Waals surface area contributed by atoms with Crippen molar-refractivity contribution in [2.45, 2.75) is 50.2 Å². The zero-order chi connectivity index (χ0) is 18.0. The number of nitrogens with one attached hydrogen (secondary N) is 1. The number of esters is 1. The normalized spacial score (nSPS) is 29.7. The van der Waals surface area contributed by atoms with Crippen LogP contribution in [0.4, 0.5) is 5.82 Å². The zero-order valence-corrected chi connectivity index (χ0v) is 13.4. The number of carbonyl (C=O) groups excluding carboxylic acids is 1. The highest BCUT2D eigenvalue weighted by atomic mass is 16.6. The third-order valence-corrected chi connectivity index (χ3v) is 4.63. The summed E-state index contributed by atoms with van der Waals surface area (Å²) >= 11 is 0. The summed E-state index contributed by atoms with van der Waals surface area (Å²) in [5.41, 5.74) is 0.960. The molecule has 2 aliphatic rings. The Kier molecular flexibility index (Phi) is 5.33. The summed E-state index contributed by atoms with van der Waals surface area (Å²) in [4.78, 5) is 27.4. The van der Waals surface area contributed by atoms with Gasteiger partial charge in [0.1, 0.15) is 24.9 Å². The molecule has 0 aromatic carbocycles. The number of rotatable bonds is 5. The Hall–Kier alpha value is -2.01. The fourth-order valence-electron chi connectivity index (χ4n) is 3.21. The molecule has 10 nitrogen and oxygen atoms in total. The average Bonchev–Trinajstić information content (AvgIpc) is 3.24. The van der Waals surface area contributed by atoms with Crippen LogP contribution in [0, 0.1) is 5.92 Å². The molecular weight excluding hydrogens is 334 g/mol. The molecule has 0 bridgehead atoms. The van der Waals surface area contributed by atoms with Crippen LogP contribution in [0.2, 0.25) is 0 Å². The van der Waals surface area contributed by atoms with Crippen molar-refractivity contribution in [2.24, 2.45) is 5.92 Å². The van der Waals surface area contributed by atoms with Crippen molar-refractivity contribution in [3.63, 3.8) is 0 Å². The first-order chi connectivity index (χ1) is 12.0. The minimum atomic E-state index is -1.39. The molecule has 0 radical (unpaired) electrons. The van der Waals surface area contributed by atoms with Crippen molar-refractivity contribution in [2.75, 3.05) is 12.1 Å². The van der Waals surface area contributed by atoms with Crippen LogP contribution in [0.3, 0.4) is 0 Å². The first-order valence-corrected chi connectivity index (χ1v) is 8.19. The summed E-state index contributed by atoms with van der Waals surface area (Å²) in [7, 11) is 0. The van der Waals surface area contributed by atoms with Gasteiger partial charge >= 0.3 is 11.7 Å². The number of anilines is 1. The third-order valence-electron chi connectivity index (χ3n) is 4.63. The smallest absolute Gasteiger partial charge is 0.351 e. The fraction of sp³-hybridized carbons (Fsp3) is 0.667. The lowest BCUT2D eigenvalue weighted by Crippen LogP contribution is -2.36. The van der Waals surface area contributed by atoms with E-state index in [0.717, 1.165) is 30.3 Å². The van der Waals surface area contributed by atoms with E-state index in [9.17, 15) is 19.8 Å². The van der Waals surface area contributed by atoms with Crippen LogP contribution in [0.15, 0.2) is 17.1 Å². The molecule has 138 valence electrons. The SMILES string of the molecule is O=C(OC[C@H]1O[C@@H](n2ccc(NO)nc2=O)[C@H](O)[C@@H]1O)C1CCCC1. The molecule has 0 spiro atoms. The third kappa shape index (κ3) is 3.66. The monoisotopic (exact) mass is 355 g/mol. The average molecular weight is 355 g/mol. The van der Waals surface area contributed by atoms with E-state index < -0.39 is 30.2 Å². The second-order valence-corrected chi connectivity index (χ2v) is 6.27. The number of aromatic nitrogens is 2. The minimum absolute atomic E-state index is 0.0590. The number of carbonyl (C=O) groups is 1. The molecule has 0 unspecified atom stereocenters. The van der Waals surface area contributed by atoms with Crippen LogP contribution in [0.5, 0.6) is 0 Å². The van der Waals surface area contributed by atoms with Crippen LogP contribution in [0.1, 0.15) is 31.9 Å².